The Kier molecular flexibility index (Phi) is 8.03. The van der Waals surface area contributed by atoms with Crippen LogP contribution in [0.5, 0.6) is 11.5 Å². The number of hydrogen-bond donors (Lipinski definition) is 1. The van der Waals surface area contributed by atoms with Crippen LogP contribution in [0, 0.1) is 17.8 Å². The SMILES string of the molecule is COc1ccccc1C#Cc1ccc2c(c1)O[C@@H](CN(C)C)[C@H](C)CN([C@H](C)CO)S2(=O)=O. The minimum atomic E-state index is -3.87. The molecule has 8 heteroatoms. The Hall–Kier alpha value is -2.57. The van der Waals surface area contributed by atoms with Crippen molar-refractivity contribution in [1.82, 2.24) is 9.21 Å². The van der Waals surface area contributed by atoms with Crippen molar-refractivity contribution in [3.63, 3.8) is 0 Å². The van der Waals surface area contributed by atoms with Gasteiger partial charge in [-0.1, -0.05) is 30.9 Å². The minimum Gasteiger partial charge on any atom is -0.495 e. The highest BCUT2D eigenvalue weighted by Gasteiger charge is 2.37. The van der Waals surface area contributed by atoms with Crippen LogP contribution >= 0.6 is 0 Å². The molecule has 1 N–H and O–H groups in total. The quantitative estimate of drug-likeness (QED) is 0.674. The lowest BCUT2D eigenvalue weighted by molar-refractivity contribution is 0.0812. The summed E-state index contributed by atoms with van der Waals surface area (Å²) in [5.41, 5.74) is 1.37. The lowest BCUT2D eigenvalue weighted by Crippen LogP contribution is -2.49. The number of hydrogen-bond acceptors (Lipinski definition) is 6. The number of benzene rings is 2. The number of para-hydroxylation sites is 1. The average Bonchev–Trinajstić information content (AvgIpc) is 2.79. The Morgan fingerprint density at radius 1 is 1.24 bits per heavy atom. The summed E-state index contributed by atoms with van der Waals surface area (Å²) in [6.45, 7) is 4.30. The van der Waals surface area contributed by atoms with Crippen molar-refractivity contribution in [1.29, 1.82) is 0 Å². The molecule has 0 aliphatic carbocycles. The molecule has 3 rings (SSSR count). The fourth-order valence-corrected chi connectivity index (χ4v) is 5.59. The number of ether oxygens (including phenoxy) is 2. The molecule has 0 fully saturated rings. The summed E-state index contributed by atoms with van der Waals surface area (Å²) in [5, 5.41) is 9.72. The Morgan fingerprint density at radius 3 is 2.64 bits per heavy atom. The van der Waals surface area contributed by atoms with Crippen LogP contribution in [0.4, 0.5) is 0 Å². The van der Waals surface area contributed by atoms with Gasteiger partial charge in [-0.2, -0.15) is 4.31 Å². The fourth-order valence-electron chi connectivity index (χ4n) is 3.77. The van der Waals surface area contributed by atoms with Crippen molar-refractivity contribution in [3.8, 4) is 23.3 Å². The molecule has 0 amide bonds. The van der Waals surface area contributed by atoms with Gasteiger partial charge in [-0.05, 0) is 51.4 Å². The second-order valence-electron chi connectivity index (χ2n) is 8.61. The van der Waals surface area contributed by atoms with E-state index in [0.717, 1.165) is 5.56 Å². The van der Waals surface area contributed by atoms with Gasteiger partial charge < -0.3 is 19.5 Å². The second-order valence-corrected chi connectivity index (χ2v) is 10.5. The summed E-state index contributed by atoms with van der Waals surface area (Å²) in [5.74, 6) is 7.04. The molecule has 0 radical (unpaired) electrons. The van der Waals surface area contributed by atoms with Gasteiger partial charge in [0.25, 0.3) is 0 Å². The van der Waals surface area contributed by atoms with E-state index in [2.05, 4.69) is 11.8 Å². The normalized spacial score (nSPS) is 21.1. The third-order valence-corrected chi connectivity index (χ3v) is 7.68. The highest BCUT2D eigenvalue weighted by atomic mass is 32.2. The third kappa shape index (κ3) is 5.68. The first-order valence-corrected chi connectivity index (χ1v) is 12.3. The largest absolute Gasteiger partial charge is 0.495 e. The number of aliphatic hydroxyl groups excluding tert-OH is 1. The number of rotatable bonds is 5. The van der Waals surface area contributed by atoms with Gasteiger partial charge in [0, 0.05) is 30.6 Å². The van der Waals surface area contributed by atoms with Gasteiger partial charge in [0.1, 0.15) is 22.5 Å². The van der Waals surface area contributed by atoms with Crippen LogP contribution in [-0.4, -0.2) is 75.8 Å². The monoisotopic (exact) mass is 472 g/mol. The molecule has 0 aromatic heterocycles. The summed E-state index contributed by atoms with van der Waals surface area (Å²) in [6.07, 6.45) is -0.236. The van der Waals surface area contributed by atoms with Crippen LogP contribution in [-0.2, 0) is 10.0 Å². The van der Waals surface area contributed by atoms with E-state index in [1.54, 1.807) is 26.2 Å². The van der Waals surface area contributed by atoms with Crippen molar-refractivity contribution in [3.05, 3.63) is 53.6 Å². The summed E-state index contributed by atoms with van der Waals surface area (Å²) in [4.78, 5) is 2.10. The van der Waals surface area contributed by atoms with E-state index < -0.39 is 16.1 Å². The molecule has 0 saturated carbocycles. The Bertz CT molecular complexity index is 1140. The zero-order valence-electron chi connectivity index (χ0n) is 19.8. The van der Waals surface area contributed by atoms with Gasteiger partial charge in [0.15, 0.2) is 0 Å². The van der Waals surface area contributed by atoms with Gasteiger partial charge >= 0.3 is 0 Å². The fraction of sp³-hybridized carbons (Fsp3) is 0.440. The van der Waals surface area contributed by atoms with Crippen molar-refractivity contribution < 1.29 is 23.0 Å². The van der Waals surface area contributed by atoms with E-state index in [-0.39, 0.29) is 35.8 Å². The topological polar surface area (TPSA) is 79.3 Å². The molecule has 1 aliphatic rings. The molecular formula is C25H32N2O5S. The van der Waals surface area contributed by atoms with Gasteiger partial charge in [-0.15, -0.1) is 0 Å². The number of sulfonamides is 1. The standard InChI is InChI=1S/C25H32N2O5S/c1-18-15-27(19(2)17-28)33(29,30)25-13-11-20(14-23(25)32-24(18)16-26(3)4)10-12-21-8-6-7-9-22(21)31-5/h6-9,11,13-14,18-19,24,28H,15-17H2,1-5H3/t18-,19-,24+/m1/s1. The summed E-state index contributed by atoms with van der Waals surface area (Å²) in [7, 11) is 1.63. The molecule has 0 spiro atoms. The van der Waals surface area contributed by atoms with E-state index >= 15 is 0 Å². The maximum absolute atomic E-state index is 13.5. The molecule has 7 nitrogen and oxygen atoms in total. The van der Waals surface area contributed by atoms with Crippen molar-refractivity contribution in [2.45, 2.75) is 30.9 Å². The van der Waals surface area contributed by atoms with Gasteiger partial charge in [-0.25, -0.2) is 8.42 Å². The third-order valence-electron chi connectivity index (χ3n) is 5.66. The van der Waals surface area contributed by atoms with Crippen molar-refractivity contribution >= 4 is 10.0 Å². The van der Waals surface area contributed by atoms with Crippen LogP contribution in [0.1, 0.15) is 25.0 Å². The summed E-state index contributed by atoms with van der Waals surface area (Å²) >= 11 is 0. The van der Waals surface area contributed by atoms with Gasteiger partial charge in [-0.3, -0.25) is 0 Å². The first-order chi connectivity index (χ1) is 15.7. The number of nitrogens with zero attached hydrogens (tertiary/aromatic N) is 2. The van der Waals surface area contributed by atoms with Crippen molar-refractivity contribution in [2.75, 3.05) is 40.9 Å². The number of aliphatic hydroxyl groups is 1. The van der Waals surface area contributed by atoms with E-state index in [9.17, 15) is 13.5 Å². The zero-order valence-corrected chi connectivity index (χ0v) is 20.6. The highest BCUT2D eigenvalue weighted by molar-refractivity contribution is 7.89. The number of fused-ring (bicyclic) bond motifs is 1. The number of likely N-dealkylation sites (N-methyl/N-ethyl adjacent to an activating group) is 1. The predicted octanol–water partition coefficient (Wildman–Crippen LogP) is 2.43. The molecular weight excluding hydrogens is 440 g/mol. The Morgan fingerprint density at radius 2 is 1.97 bits per heavy atom. The van der Waals surface area contributed by atoms with E-state index in [1.165, 1.54) is 10.4 Å². The lowest BCUT2D eigenvalue weighted by Gasteiger charge is -2.37. The maximum Gasteiger partial charge on any atom is 0.247 e. The molecule has 1 heterocycles. The molecule has 2 aromatic rings. The van der Waals surface area contributed by atoms with E-state index in [1.807, 2.05) is 50.2 Å². The van der Waals surface area contributed by atoms with Crippen molar-refractivity contribution in [2.24, 2.45) is 5.92 Å². The Balaban J connectivity index is 2.09. The van der Waals surface area contributed by atoms with E-state index in [0.29, 0.717) is 17.9 Å². The smallest absolute Gasteiger partial charge is 0.247 e. The highest BCUT2D eigenvalue weighted by Crippen LogP contribution is 2.34. The molecule has 0 bridgehead atoms. The minimum absolute atomic E-state index is 0.0845. The van der Waals surface area contributed by atoms with Crippen LogP contribution in [0.2, 0.25) is 0 Å². The maximum atomic E-state index is 13.5. The molecule has 1 aliphatic heterocycles. The van der Waals surface area contributed by atoms with Crippen LogP contribution in [0.3, 0.4) is 0 Å². The zero-order chi connectivity index (χ0) is 24.2. The molecule has 3 atom stereocenters. The summed E-state index contributed by atoms with van der Waals surface area (Å²) in [6, 6.07) is 11.8. The van der Waals surface area contributed by atoms with Crippen LogP contribution in [0.25, 0.3) is 0 Å². The first-order valence-electron chi connectivity index (χ1n) is 10.9. The Labute approximate surface area is 197 Å². The molecule has 0 saturated heterocycles. The van der Waals surface area contributed by atoms with Gasteiger partial charge in [0.2, 0.25) is 10.0 Å². The molecule has 178 valence electrons. The lowest BCUT2D eigenvalue weighted by atomic mass is 10.0. The number of methoxy groups -OCH3 is 1. The molecule has 2 aromatic carbocycles. The van der Waals surface area contributed by atoms with Crippen LogP contribution in [0.15, 0.2) is 47.4 Å². The van der Waals surface area contributed by atoms with Gasteiger partial charge in [0.05, 0.1) is 19.3 Å². The first kappa shape index (κ1) is 25.1. The molecule has 33 heavy (non-hydrogen) atoms. The second kappa shape index (κ2) is 10.6. The van der Waals surface area contributed by atoms with E-state index in [4.69, 9.17) is 9.47 Å². The average molecular weight is 473 g/mol. The van der Waals surface area contributed by atoms with Crippen LogP contribution < -0.4 is 9.47 Å². The predicted molar refractivity (Wildman–Crippen MR) is 128 cm³/mol. The molecule has 0 unspecified atom stereocenters. The summed E-state index contributed by atoms with van der Waals surface area (Å²) < 4.78 is 40.0.